The molecule has 2 N–H and O–H groups in total. The maximum atomic E-state index is 12.4. The summed E-state index contributed by atoms with van der Waals surface area (Å²) in [5.74, 6) is -1.04. The number of hydrogen-bond acceptors (Lipinski definition) is 7. The zero-order chi connectivity index (χ0) is 27.6. The van der Waals surface area contributed by atoms with Gasteiger partial charge in [-0.3, -0.25) is 4.79 Å². The quantitative estimate of drug-likeness (QED) is 0.326. The molecule has 1 unspecified atom stereocenters. The molecule has 38 heavy (non-hydrogen) atoms. The molecular weight excluding hydrogens is 488 g/mol. The molecule has 9 heteroatoms. The number of carboxylic acid groups (broad SMARTS) is 1. The molecule has 0 saturated carbocycles. The van der Waals surface area contributed by atoms with Crippen LogP contribution in [0.4, 0.5) is 0 Å². The molecule has 2 heterocycles. The fourth-order valence-corrected chi connectivity index (χ4v) is 4.63. The minimum absolute atomic E-state index is 0.0989. The number of carbonyl (C=O) groups is 2. The van der Waals surface area contributed by atoms with Crippen LogP contribution in [0.3, 0.4) is 0 Å². The van der Waals surface area contributed by atoms with Gasteiger partial charge in [-0.1, -0.05) is 49.3 Å². The number of rotatable bonds is 8. The normalized spacial score (nSPS) is 16.1. The van der Waals surface area contributed by atoms with Crippen molar-refractivity contribution in [2.24, 2.45) is 11.1 Å². The Morgan fingerprint density at radius 2 is 1.87 bits per heavy atom. The largest absolute Gasteiger partial charge is 0.486 e. The second kappa shape index (κ2) is 10.7. The molecule has 9 nitrogen and oxygen atoms in total. The number of nitrogens with one attached hydrogen (secondary N) is 1. The fraction of sp³-hybridized carbons (Fsp3) is 0.379. The number of oxime groups is 1. The second-order valence-electron chi connectivity index (χ2n) is 10.5. The zero-order valence-corrected chi connectivity index (χ0v) is 22.2. The van der Waals surface area contributed by atoms with Crippen LogP contribution in [0.15, 0.2) is 56.8 Å². The van der Waals surface area contributed by atoms with E-state index < -0.39 is 35.8 Å². The highest BCUT2D eigenvalue weighted by atomic mass is 16.6. The highest BCUT2D eigenvalue weighted by Crippen LogP contribution is 2.41. The van der Waals surface area contributed by atoms with E-state index in [1.807, 2.05) is 71.0 Å². The maximum Gasteiger partial charge on any atom is 0.336 e. The van der Waals surface area contributed by atoms with Crippen molar-refractivity contribution in [1.82, 2.24) is 5.32 Å². The second-order valence-corrected chi connectivity index (χ2v) is 10.5. The Balaban J connectivity index is 1.70. The fourth-order valence-electron chi connectivity index (χ4n) is 4.63. The van der Waals surface area contributed by atoms with E-state index >= 15 is 0 Å². The molecule has 0 saturated heterocycles. The van der Waals surface area contributed by atoms with Crippen molar-refractivity contribution in [2.75, 3.05) is 6.61 Å². The number of nitrogens with zero attached hydrogens (tertiary/aromatic N) is 1. The van der Waals surface area contributed by atoms with Gasteiger partial charge in [-0.2, -0.15) is 0 Å². The molecule has 0 fully saturated rings. The first-order valence-electron chi connectivity index (χ1n) is 12.5. The molecule has 0 radical (unpaired) electrons. The van der Waals surface area contributed by atoms with Crippen LogP contribution >= 0.6 is 0 Å². The summed E-state index contributed by atoms with van der Waals surface area (Å²) in [4.78, 5) is 41.7. The third-order valence-corrected chi connectivity index (χ3v) is 6.29. The lowest BCUT2D eigenvalue weighted by Gasteiger charge is -2.34. The van der Waals surface area contributed by atoms with Crippen molar-refractivity contribution in [3.63, 3.8) is 0 Å². The molecule has 0 spiro atoms. The number of benzene rings is 2. The van der Waals surface area contributed by atoms with Gasteiger partial charge in [0.15, 0.2) is 6.61 Å². The van der Waals surface area contributed by atoms with Gasteiger partial charge < -0.3 is 24.4 Å². The summed E-state index contributed by atoms with van der Waals surface area (Å²) in [6.45, 7) is 8.97. The average molecular weight is 521 g/mol. The first kappa shape index (κ1) is 26.9. The Hall–Kier alpha value is -4.14. The van der Waals surface area contributed by atoms with Crippen molar-refractivity contribution in [1.29, 1.82) is 0 Å². The summed E-state index contributed by atoms with van der Waals surface area (Å²) in [7, 11) is 0. The van der Waals surface area contributed by atoms with Crippen molar-refractivity contribution in [3.8, 4) is 16.9 Å². The van der Waals surface area contributed by atoms with E-state index in [2.05, 4.69) is 10.5 Å². The van der Waals surface area contributed by atoms with Crippen molar-refractivity contribution in [2.45, 2.75) is 59.1 Å². The highest BCUT2D eigenvalue weighted by molar-refractivity contribution is 6.09. The summed E-state index contributed by atoms with van der Waals surface area (Å²) in [6.07, 6.45) is 0.704. The topological polar surface area (TPSA) is 127 Å². The number of amides is 1. The molecule has 1 aliphatic rings. The van der Waals surface area contributed by atoms with Crippen LogP contribution < -0.4 is 15.7 Å². The third-order valence-electron chi connectivity index (χ3n) is 6.29. The van der Waals surface area contributed by atoms with E-state index in [0.29, 0.717) is 41.0 Å². The van der Waals surface area contributed by atoms with E-state index in [9.17, 15) is 19.5 Å². The van der Waals surface area contributed by atoms with Gasteiger partial charge in [0.25, 0.3) is 5.91 Å². The predicted octanol–water partition coefficient (Wildman–Crippen LogP) is 4.67. The number of aliphatic carboxylic acids is 1. The molecular formula is C29H32N2O7. The highest BCUT2D eigenvalue weighted by Gasteiger charge is 2.34. The monoisotopic (exact) mass is 520 g/mol. The first-order valence-corrected chi connectivity index (χ1v) is 12.5. The van der Waals surface area contributed by atoms with Gasteiger partial charge >= 0.3 is 11.6 Å². The number of hydrogen-bond donors (Lipinski definition) is 2. The number of aryl methyl sites for hydroxylation is 1. The van der Waals surface area contributed by atoms with Gasteiger partial charge in [0, 0.05) is 29.0 Å². The summed E-state index contributed by atoms with van der Waals surface area (Å²) >= 11 is 0. The number of carbonyl (C=O) groups excluding carboxylic acids is 1. The lowest BCUT2D eigenvalue weighted by Crippen LogP contribution is -2.43. The lowest BCUT2D eigenvalue weighted by molar-refractivity contribution is -0.143. The van der Waals surface area contributed by atoms with E-state index in [1.165, 1.54) is 6.07 Å². The molecule has 1 amide bonds. The Kier molecular flexibility index (Phi) is 7.57. The van der Waals surface area contributed by atoms with Crippen molar-refractivity contribution < 1.29 is 28.7 Å². The molecule has 4 rings (SSSR count). The molecule has 200 valence electrons. The Morgan fingerprint density at radius 3 is 2.53 bits per heavy atom. The molecule has 1 atom stereocenters. The number of fused-ring (bicyclic) bond motifs is 2. The van der Waals surface area contributed by atoms with Crippen LogP contribution in [-0.4, -0.2) is 40.9 Å². The van der Waals surface area contributed by atoms with E-state index in [0.717, 1.165) is 16.5 Å². The van der Waals surface area contributed by atoms with Gasteiger partial charge in [0.05, 0.1) is 5.71 Å². The van der Waals surface area contributed by atoms with Crippen LogP contribution in [0.2, 0.25) is 0 Å². The SMILES string of the molecule is Cc1c2c(cc3c(-c4ccccc4)cc(=O)oc13)C(=NOCC(=O)NC(CC(C)C)C(=O)O)CC(C)(C)O2. The Labute approximate surface area is 220 Å². The molecule has 0 aliphatic carbocycles. The van der Waals surface area contributed by atoms with Crippen molar-refractivity contribution >= 4 is 28.6 Å². The van der Waals surface area contributed by atoms with Crippen LogP contribution in [0.5, 0.6) is 5.75 Å². The van der Waals surface area contributed by atoms with Crippen LogP contribution in [0.25, 0.3) is 22.1 Å². The van der Waals surface area contributed by atoms with Gasteiger partial charge in [-0.05, 0) is 50.3 Å². The van der Waals surface area contributed by atoms with Gasteiger partial charge in [0.2, 0.25) is 0 Å². The molecule has 3 aromatic rings. The summed E-state index contributed by atoms with van der Waals surface area (Å²) in [6, 6.07) is 11.9. The van der Waals surface area contributed by atoms with E-state index in [4.69, 9.17) is 14.0 Å². The Morgan fingerprint density at radius 1 is 1.16 bits per heavy atom. The minimum Gasteiger partial charge on any atom is -0.486 e. The molecule has 1 aliphatic heterocycles. The Bertz CT molecular complexity index is 1460. The molecule has 0 bridgehead atoms. The van der Waals surface area contributed by atoms with E-state index in [1.54, 1.807) is 0 Å². The molecule has 2 aromatic carbocycles. The zero-order valence-electron chi connectivity index (χ0n) is 22.2. The van der Waals surface area contributed by atoms with Crippen LogP contribution in [0.1, 0.15) is 51.7 Å². The summed E-state index contributed by atoms with van der Waals surface area (Å²) < 4.78 is 11.9. The minimum atomic E-state index is -1.10. The van der Waals surface area contributed by atoms with Crippen LogP contribution in [-0.2, 0) is 14.4 Å². The van der Waals surface area contributed by atoms with Gasteiger partial charge in [0.1, 0.15) is 23.0 Å². The first-order chi connectivity index (χ1) is 17.9. The molecule has 1 aromatic heterocycles. The van der Waals surface area contributed by atoms with Gasteiger partial charge in [-0.25, -0.2) is 9.59 Å². The third kappa shape index (κ3) is 5.88. The predicted molar refractivity (Wildman–Crippen MR) is 143 cm³/mol. The standard InChI is InChI=1S/C29H32N2O7/c1-16(2)11-22(28(34)35)30-24(32)15-36-31-23-14-29(4,5)38-27-17(3)26-20(12-21(23)27)19(13-25(33)37-26)18-9-7-6-8-10-18/h6-10,12-13,16,22H,11,14-15H2,1-5H3,(H,30,32)(H,34,35). The number of carboxylic acids is 1. The lowest BCUT2D eigenvalue weighted by atomic mass is 9.88. The van der Waals surface area contributed by atoms with E-state index in [-0.39, 0.29) is 5.92 Å². The number of ether oxygens (including phenoxy) is 1. The summed E-state index contributed by atoms with van der Waals surface area (Å²) in [5, 5.41) is 16.9. The average Bonchev–Trinajstić information content (AvgIpc) is 2.84. The van der Waals surface area contributed by atoms with Crippen molar-refractivity contribution in [3.05, 3.63) is 64.0 Å². The smallest absolute Gasteiger partial charge is 0.336 e. The van der Waals surface area contributed by atoms with Gasteiger partial charge in [-0.15, -0.1) is 0 Å². The summed E-state index contributed by atoms with van der Waals surface area (Å²) in [5.41, 5.74) is 2.80. The maximum absolute atomic E-state index is 12.4. The van der Waals surface area contributed by atoms with Crippen LogP contribution in [0, 0.1) is 12.8 Å².